The van der Waals surface area contributed by atoms with Crippen molar-refractivity contribution in [2.75, 3.05) is 19.0 Å². The van der Waals surface area contributed by atoms with E-state index in [0.717, 1.165) is 24.0 Å². The van der Waals surface area contributed by atoms with Crippen LogP contribution in [0.3, 0.4) is 0 Å². The van der Waals surface area contributed by atoms with E-state index in [9.17, 15) is 24.3 Å². The molecule has 3 N–H and O–H groups in total. The minimum Gasteiger partial charge on any atom is -0.462 e. The molecule has 1 aromatic rings. The van der Waals surface area contributed by atoms with Gasteiger partial charge in [0.05, 0.1) is 19.3 Å². The molecule has 1 fully saturated rings. The van der Waals surface area contributed by atoms with E-state index in [4.69, 9.17) is 41.9 Å². The number of nitrogens with zero attached hydrogens (tertiary/aromatic N) is 1. The van der Waals surface area contributed by atoms with Crippen molar-refractivity contribution in [3.63, 3.8) is 0 Å². The van der Waals surface area contributed by atoms with Gasteiger partial charge < -0.3 is 23.6 Å². The number of aromatic nitrogens is 2. The summed E-state index contributed by atoms with van der Waals surface area (Å²) in [5.74, 6) is -0.388. The van der Waals surface area contributed by atoms with Crippen molar-refractivity contribution in [3.8, 4) is 0 Å². The summed E-state index contributed by atoms with van der Waals surface area (Å²) >= 11 is 12.5. The van der Waals surface area contributed by atoms with Crippen molar-refractivity contribution in [3.05, 3.63) is 33.1 Å². The summed E-state index contributed by atoms with van der Waals surface area (Å²) < 4.78 is 38.2. The number of hydrogen-bond acceptors (Lipinski definition) is 11. The third kappa shape index (κ3) is 9.44. The minimum atomic E-state index is -3.52. The van der Waals surface area contributed by atoms with Gasteiger partial charge in [-0.2, -0.15) is 0 Å². The Balaban J connectivity index is 2.16. The van der Waals surface area contributed by atoms with E-state index in [1.165, 1.54) is 6.92 Å². The first-order chi connectivity index (χ1) is 17.9. The molecule has 1 aliphatic heterocycles. The number of carbonyl (C=O) groups is 2. The third-order valence-corrected chi connectivity index (χ3v) is 9.46. The van der Waals surface area contributed by atoms with Crippen LogP contribution in [0.15, 0.2) is 21.9 Å². The molecule has 1 saturated heterocycles. The molecule has 0 aliphatic carbocycles. The van der Waals surface area contributed by atoms with E-state index in [-0.39, 0.29) is 17.5 Å². The number of aliphatic hydroxyl groups is 1. The van der Waals surface area contributed by atoms with E-state index in [1.54, 1.807) is 34.6 Å². The highest BCUT2D eigenvalue weighted by Crippen LogP contribution is 2.48. The number of halogens is 2. The van der Waals surface area contributed by atoms with E-state index >= 15 is 4.39 Å². The maximum Gasteiger partial charge on any atom is 0.330 e. The lowest BCUT2D eigenvalue weighted by molar-refractivity contribution is -0.149. The van der Waals surface area contributed by atoms with Gasteiger partial charge in [-0.1, -0.05) is 44.1 Å². The van der Waals surface area contributed by atoms with Gasteiger partial charge in [-0.3, -0.25) is 23.9 Å². The number of nitrogens with one attached hydrogen (secondary N) is 2. The molecule has 2 rings (SSSR count). The molecule has 1 aliphatic rings. The number of rotatable bonds is 12. The fourth-order valence-electron chi connectivity index (χ4n) is 3.13. The number of esters is 1. The first-order valence-corrected chi connectivity index (χ1v) is 15.9. The molecule has 0 spiro atoms. The molecular formula is C22H34ClFN3O9PS2. The average molecular weight is 634 g/mol. The Morgan fingerprint density at radius 1 is 1.36 bits per heavy atom. The summed E-state index contributed by atoms with van der Waals surface area (Å²) in [5, 5.41) is 10.3. The van der Waals surface area contributed by atoms with Crippen LogP contribution in [0.2, 0.25) is 0 Å². The van der Waals surface area contributed by atoms with Crippen molar-refractivity contribution >= 4 is 52.9 Å². The van der Waals surface area contributed by atoms with Gasteiger partial charge in [0.2, 0.25) is 0 Å². The smallest absolute Gasteiger partial charge is 0.330 e. The Kier molecular flexibility index (Phi) is 11.9. The summed E-state index contributed by atoms with van der Waals surface area (Å²) in [6.07, 6.45) is -4.61. The molecule has 1 aromatic heterocycles. The maximum absolute atomic E-state index is 15.3. The standard InChI is InChI=1S/C22H34ClFN3O9PS2/c1-12(2)35-17(30)13(3)26-37(38,33-9-10-39-19(31)21(4,5)6)34-11-14-16(29)22(23,24)18(36-14)27-8-7-15(28)25-20(27)32/h7-8,12-14,16,18,29H,9-11H2,1-6H3,(H,26,38)(H,25,28,32)/t13-,14-,16-,18-,22+,37-/m1/s1. The molecule has 0 radical (unpaired) electrons. The summed E-state index contributed by atoms with van der Waals surface area (Å²) in [5.41, 5.74) is -2.28. The highest BCUT2D eigenvalue weighted by Gasteiger charge is 2.58. The number of aromatic amines is 1. The minimum absolute atomic E-state index is 0.0330. The number of ether oxygens (including phenoxy) is 2. The van der Waals surface area contributed by atoms with Crippen LogP contribution in [0.1, 0.15) is 47.8 Å². The molecule has 2 heterocycles. The Bertz CT molecular complexity index is 1190. The molecule has 17 heteroatoms. The second-order valence-electron chi connectivity index (χ2n) is 10.0. The van der Waals surface area contributed by atoms with Crippen LogP contribution in [0.5, 0.6) is 0 Å². The first-order valence-electron chi connectivity index (χ1n) is 11.9. The average Bonchev–Trinajstić information content (AvgIpc) is 3.03. The largest absolute Gasteiger partial charge is 0.462 e. The Morgan fingerprint density at radius 3 is 2.56 bits per heavy atom. The predicted molar refractivity (Wildman–Crippen MR) is 148 cm³/mol. The Hall–Kier alpha value is -1.16. The number of carbonyl (C=O) groups excluding carboxylic acids is 2. The molecule has 0 saturated carbocycles. The molecule has 6 atom stereocenters. The number of aliphatic hydroxyl groups excluding tert-OH is 1. The molecule has 0 bridgehead atoms. The van der Waals surface area contributed by atoms with Crippen molar-refractivity contribution in [2.45, 2.75) is 77.3 Å². The quantitative estimate of drug-likeness (QED) is 0.134. The van der Waals surface area contributed by atoms with Crippen LogP contribution < -0.4 is 16.3 Å². The molecule has 0 unspecified atom stereocenters. The van der Waals surface area contributed by atoms with Gasteiger partial charge in [-0.05, 0) is 32.6 Å². The molecule has 39 heavy (non-hydrogen) atoms. The molecule has 222 valence electrons. The SMILES string of the molecule is CC(C)OC(=O)[C@@H](C)N[P@@](=S)(OCCSC(=O)C(C)(C)C)OC[C@H]1O[C@@H](n2ccc(=O)[nH]c2=O)[C@](F)(Cl)[C@@H]1O. The van der Waals surface area contributed by atoms with Gasteiger partial charge in [0.15, 0.2) is 11.3 Å². The van der Waals surface area contributed by atoms with Crippen molar-refractivity contribution < 1.29 is 37.6 Å². The Morgan fingerprint density at radius 2 is 2.00 bits per heavy atom. The zero-order chi connectivity index (χ0) is 29.8. The number of hydrogen-bond donors (Lipinski definition) is 3. The fraction of sp³-hybridized carbons (Fsp3) is 0.727. The summed E-state index contributed by atoms with van der Waals surface area (Å²) in [7, 11) is 0. The van der Waals surface area contributed by atoms with Gasteiger partial charge in [-0.25, -0.2) is 14.3 Å². The normalized spacial score (nSPS) is 25.8. The lowest BCUT2D eigenvalue weighted by atomic mass is 10.00. The number of alkyl halides is 2. The van der Waals surface area contributed by atoms with E-state index in [2.05, 4.69) is 5.09 Å². The van der Waals surface area contributed by atoms with Crippen LogP contribution in [0.25, 0.3) is 0 Å². The molecule has 0 aromatic carbocycles. The molecule has 12 nitrogen and oxygen atoms in total. The zero-order valence-electron chi connectivity index (χ0n) is 22.3. The molecule has 0 amide bonds. The Labute approximate surface area is 239 Å². The van der Waals surface area contributed by atoms with Crippen LogP contribution in [0.4, 0.5) is 4.39 Å². The monoisotopic (exact) mass is 633 g/mol. The number of H-pyrrole nitrogens is 1. The van der Waals surface area contributed by atoms with Gasteiger partial charge in [0.25, 0.3) is 17.3 Å². The summed E-state index contributed by atoms with van der Waals surface area (Å²) in [4.78, 5) is 50.0. The number of thioether (sulfide) groups is 1. The molecular weight excluding hydrogens is 600 g/mol. The topological polar surface area (TPSA) is 158 Å². The van der Waals surface area contributed by atoms with E-state index < -0.39 is 71.6 Å². The van der Waals surface area contributed by atoms with E-state index in [0.29, 0.717) is 4.57 Å². The van der Waals surface area contributed by atoms with Crippen molar-refractivity contribution in [2.24, 2.45) is 5.41 Å². The predicted octanol–water partition coefficient (Wildman–Crippen LogP) is 2.19. The maximum atomic E-state index is 15.3. The van der Waals surface area contributed by atoms with Crippen LogP contribution >= 0.6 is 30.0 Å². The van der Waals surface area contributed by atoms with E-state index in [1.807, 2.05) is 4.98 Å². The van der Waals surface area contributed by atoms with Gasteiger partial charge in [0.1, 0.15) is 18.2 Å². The fourth-order valence-corrected chi connectivity index (χ4v) is 6.70. The van der Waals surface area contributed by atoms with Gasteiger partial charge in [0, 0.05) is 23.4 Å². The van der Waals surface area contributed by atoms with Crippen molar-refractivity contribution in [1.82, 2.24) is 14.6 Å². The highest BCUT2D eigenvalue weighted by atomic mass is 35.5. The summed E-state index contributed by atoms with van der Waals surface area (Å²) in [6, 6.07) is 0.00297. The zero-order valence-corrected chi connectivity index (χ0v) is 25.6. The lowest BCUT2D eigenvalue weighted by Crippen LogP contribution is -2.42. The van der Waals surface area contributed by atoms with Gasteiger partial charge >= 0.3 is 11.7 Å². The van der Waals surface area contributed by atoms with Crippen LogP contribution in [0, 0.1) is 5.41 Å². The van der Waals surface area contributed by atoms with Crippen LogP contribution in [-0.4, -0.2) is 74.2 Å². The second kappa shape index (κ2) is 13.7. The highest BCUT2D eigenvalue weighted by molar-refractivity contribution is 8.13. The van der Waals surface area contributed by atoms with Gasteiger partial charge in [-0.15, -0.1) is 0 Å². The summed E-state index contributed by atoms with van der Waals surface area (Å²) in [6.45, 7) is 6.09. The third-order valence-electron chi connectivity index (χ3n) is 5.14. The lowest BCUT2D eigenvalue weighted by Gasteiger charge is -2.28. The van der Waals surface area contributed by atoms with Crippen molar-refractivity contribution in [1.29, 1.82) is 0 Å². The first kappa shape index (κ1) is 34.0. The second-order valence-corrected chi connectivity index (χ2v) is 14.9. The van der Waals surface area contributed by atoms with Crippen LogP contribution in [-0.2, 0) is 39.9 Å².